The van der Waals surface area contributed by atoms with Crippen LogP contribution in [0.1, 0.15) is 5.56 Å². The number of alkyl halides is 1. The standard InChI is InChI=1S/C13H12BrN3O5S/c1-21-16-8(12(19)20)9(18)10(14)13(23)17-15-11(22-13)7-5-3-2-4-6-7/h2-6,10,17,23H,1H3,(H,19,20). The van der Waals surface area contributed by atoms with E-state index in [9.17, 15) is 9.59 Å². The van der Waals surface area contributed by atoms with E-state index in [1.54, 1.807) is 24.3 Å². The molecule has 10 heteroatoms. The third-order valence-corrected chi connectivity index (χ3v) is 4.65. The van der Waals surface area contributed by atoms with Crippen LogP contribution in [0.5, 0.6) is 0 Å². The van der Waals surface area contributed by atoms with Crippen molar-refractivity contribution in [2.24, 2.45) is 10.3 Å². The average Bonchev–Trinajstić information content (AvgIpc) is 2.95. The first-order chi connectivity index (χ1) is 10.9. The van der Waals surface area contributed by atoms with Gasteiger partial charge in [0.25, 0.3) is 5.06 Å². The van der Waals surface area contributed by atoms with Crippen LogP contribution >= 0.6 is 28.6 Å². The number of carbonyl (C=O) groups excluding carboxylic acids is 1. The zero-order valence-corrected chi connectivity index (χ0v) is 14.2. The van der Waals surface area contributed by atoms with Crippen molar-refractivity contribution in [1.82, 2.24) is 5.43 Å². The number of Topliss-reactive ketones (excluding diaryl/α,β-unsaturated/α-hetero) is 1. The molecule has 0 bridgehead atoms. The number of hydrazone groups is 1. The maximum Gasteiger partial charge on any atom is 0.361 e. The fraction of sp³-hybridized carbons (Fsp3) is 0.231. The van der Waals surface area contributed by atoms with Crippen LogP contribution in [-0.2, 0) is 19.2 Å². The van der Waals surface area contributed by atoms with Gasteiger partial charge in [0, 0.05) is 5.56 Å². The highest BCUT2D eigenvalue weighted by Gasteiger charge is 2.48. The molecule has 0 aliphatic carbocycles. The minimum Gasteiger partial charge on any atom is -0.476 e. The van der Waals surface area contributed by atoms with Crippen molar-refractivity contribution in [2.75, 3.05) is 7.11 Å². The number of ketones is 1. The molecular formula is C13H12BrN3O5S. The number of halogens is 1. The number of hydrogen-bond acceptors (Lipinski definition) is 8. The van der Waals surface area contributed by atoms with E-state index in [1.165, 1.54) is 0 Å². The second kappa shape index (κ2) is 7.01. The van der Waals surface area contributed by atoms with Crippen molar-refractivity contribution in [3.63, 3.8) is 0 Å². The number of aliphatic carboxylic acids is 1. The number of nitrogens with one attached hydrogen (secondary N) is 1. The molecule has 1 aromatic rings. The largest absolute Gasteiger partial charge is 0.476 e. The number of oxime groups is 1. The molecule has 0 amide bonds. The van der Waals surface area contributed by atoms with Gasteiger partial charge in [0.15, 0.2) is 4.83 Å². The van der Waals surface area contributed by atoms with E-state index in [0.717, 1.165) is 7.11 Å². The van der Waals surface area contributed by atoms with Crippen LogP contribution in [0.3, 0.4) is 0 Å². The maximum atomic E-state index is 12.3. The number of rotatable bonds is 6. The predicted molar refractivity (Wildman–Crippen MR) is 88.7 cm³/mol. The van der Waals surface area contributed by atoms with E-state index in [2.05, 4.69) is 49.1 Å². The van der Waals surface area contributed by atoms with Crippen molar-refractivity contribution in [3.8, 4) is 0 Å². The SMILES string of the molecule is CON=C(C(=O)O)C(=O)C(Br)C1(S)NN=C(c2ccccc2)O1. The minimum atomic E-state index is -1.58. The van der Waals surface area contributed by atoms with Crippen LogP contribution in [-0.4, -0.2) is 45.5 Å². The van der Waals surface area contributed by atoms with Gasteiger partial charge in [-0.25, -0.2) is 4.79 Å². The lowest BCUT2D eigenvalue weighted by molar-refractivity contribution is -0.130. The molecular weight excluding hydrogens is 390 g/mol. The number of carboxylic acids is 1. The molecule has 0 radical (unpaired) electrons. The minimum absolute atomic E-state index is 0.221. The molecule has 1 heterocycles. The molecule has 8 nitrogen and oxygen atoms in total. The van der Waals surface area contributed by atoms with E-state index >= 15 is 0 Å². The van der Waals surface area contributed by atoms with Crippen molar-refractivity contribution >= 4 is 51.9 Å². The van der Waals surface area contributed by atoms with Gasteiger partial charge in [0.2, 0.25) is 17.4 Å². The molecule has 0 aromatic heterocycles. The normalized spacial score (nSPS) is 21.7. The molecule has 0 saturated carbocycles. The lowest BCUT2D eigenvalue weighted by Gasteiger charge is -2.26. The van der Waals surface area contributed by atoms with Gasteiger partial charge >= 0.3 is 5.97 Å². The monoisotopic (exact) mass is 401 g/mol. The molecule has 2 atom stereocenters. The van der Waals surface area contributed by atoms with Crippen LogP contribution in [0.2, 0.25) is 0 Å². The van der Waals surface area contributed by atoms with Gasteiger partial charge < -0.3 is 14.7 Å². The fourth-order valence-electron chi connectivity index (χ4n) is 1.71. The van der Waals surface area contributed by atoms with E-state index in [0.29, 0.717) is 5.56 Å². The van der Waals surface area contributed by atoms with Gasteiger partial charge in [-0.05, 0) is 12.1 Å². The van der Waals surface area contributed by atoms with E-state index < -0.39 is 27.3 Å². The van der Waals surface area contributed by atoms with Crippen LogP contribution in [0.4, 0.5) is 0 Å². The van der Waals surface area contributed by atoms with Crippen LogP contribution in [0.25, 0.3) is 0 Å². The highest BCUT2D eigenvalue weighted by molar-refractivity contribution is 9.10. The molecule has 0 saturated heterocycles. The lowest BCUT2D eigenvalue weighted by atomic mass is 10.1. The third-order valence-electron chi connectivity index (χ3n) is 2.78. The average molecular weight is 402 g/mol. The number of nitrogens with zero attached hydrogens (tertiary/aromatic N) is 2. The summed E-state index contributed by atoms with van der Waals surface area (Å²) in [6, 6.07) is 8.95. The summed E-state index contributed by atoms with van der Waals surface area (Å²) in [6.07, 6.45) is 0. The topological polar surface area (TPSA) is 110 Å². The van der Waals surface area contributed by atoms with Crippen molar-refractivity contribution in [1.29, 1.82) is 0 Å². The summed E-state index contributed by atoms with van der Waals surface area (Å²) in [4.78, 5) is 26.5. The van der Waals surface area contributed by atoms with E-state index in [4.69, 9.17) is 9.84 Å². The Balaban J connectivity index is 2.17. The Hall–Kier alpha value is -2.07. The van der Waals surface area contributed by atoms with Crippen LogP contribution in [0, 0.1) is 0 Å². The van der Waals surface area contributed by atoms with Gasteiger partial charge in [-0.1, -0.05) is 39.3 Å². The van der Waals surface area contributed by atoms with Crippen LogP contribution in [0.15, 0.2) is 40.6 Å². The molecule has 2 unspecified atom stereocenters. The molecule has 2 rings (SSSR count). The molecule has 2 N–H and O–H groups in total. The number of ether oxygens (including phenoxy) is 1. The van der Waals surface area contributed by atoms with Gasteiger partial charge in [-0.15, -0.1) is 17.7 Å². The lowest BCUT2D eigenvalue weighted by Crippen LogP contribution is -2.50. The summed E-state index contributed by atoms with van der Waals surface area (Å²) < 4.78 is 5.57. The first-order valence-electron chi connectivity index (χ1n) is 6.23. The zero-order valence-electron chi connectivity index (χ0n) is 11.8. The Morgan fingerprint density at radius 1 is 1.48 bits per heavy atom. The number of hydrogen-bond donors (Lipinski definition) is 3. The van der Waals surface area contributed by atoms with Crippen molar-refractivity contribution < 1.29 is 24.3 Å². The summed E-state index contributed by atoms with van der Waals surface area (Å²) in [5.41, 5.74) is 2.45. The number of carbonyl (C=O) groups is 2. The molecule has 0 fully saturated rings. The van der Waals surface area contributed by atoms with Gasteiger partial charge in [-0.3, -0.25) is 10.2 Å². The Morgan fingerprint density at radius 2 is 2.13 bits per heavy atom. The number of thiol groups is 1. The molecule has 1 aromatic carbocycles. The van der Waals surface area contributed by atoms with Crippen molar-refractivity contribution in [2.45, 2.75) is 9.88 Å². The quantitative estimate of drug-likeness (QED) is 0.215. The highest BCUT2D eigenvalue weighted by atomic mass is 79.9. The zero-order chi connectivity index (χ0) is 17.0. The van der Waals surface area contributed by atoms with Crippen molar-refractivity contribution in [3.05, 3.63) is 35.9 Å². The van der Waals surface area contributed by atoms with Gasteiger partial charge in [0.05, 0.1) is 0 Å². The Kier molecular flexibility index (Phi) is 5.26. The first-order valence-corrected chi connectivity index (χ1v) is 7.59. The fourth-order valence-corrected chi connectivity index (χ4v) is 2.38. The Labute approximate surface area is 145 Å². The molecule has 1 aliphatic heterocycles. The summed E-state index contributed by atoms with van der Waals surface area (Å²) in [5, 5.41) is 14.6. The van der Waals surface area contributed by atoms with E-state index in [1.807, 2.05) is 6.07 Å². The Morgan fingerprint density at radius 3 is 2.70 bits per heavy atom. The summed E-state index contributed by atoms with van der Waals surface area (Å²) in [7, 11) is 1.14. The molecule has 1 aliphatic rings. The smallest absolute Gasteiger partial charge is 0.361 e. The number of benzene rings is 1. The number of carboxylic acid groups (broad SMARTS) is 1. The predicted octanol–water partition coefficient (Wildman–Crippen LogP) is 0.971. The summed E-state index contributed by atoms with van der Waals surface area (Å²) in [6.45, 7) is 0. The molecule has 23 heavy (non-hydrogen) atoms. The maximum absolute atomic E-state index is 12.3. The highest BCUT2D eigenvalue weighted by Crippen LogP contribution is 2.30. The first kappa shape index (κ1) is 17.3. The van der Waals surface area contributed by atoms with E-state index in [-0.39, 0.29) is 5.90 Å². The molecule has 122 valence electrons. The summed E-state index contributed by atoms with van der Waals surface area (Å²) in [5.74, 6) is -2.19. The second-order valence-electron chi connectivity index (χ2n) is 4.35. The van der Waals surface area contributed by atoms with Gasteiger partial charge in [-0.2, -0.15) is 0 Å². The second-order valence-corrected chi connectivity index (χ2v) is 5.93. The third kappa shape index (κ3) is 3.64. The van der Waals surface area contributed by atoms with Crippen LogP contribution < -0.4 is 5.43 Å². The molecule has 0 spiro atoms. The van der Waals surface area contributed by atoms with Gasteiger partial charge in [0.1, 0.15) is 7.11 Å². The summed E-state index contributed by atoms with van der Waals surface area (Å²) >= 11 is 7.33. The Bertz CT molecular complexity index is 681.